The van der Waals surface area contributed by atoms with Crippen molar-refractivity contribution in [2.24, 2.45) is 11.8 Å². The van der Waals surface area contributed by atoms with Gasteiger partial charge in [0.25, 0.3) is 6.43 Å². The average molecular weight is 275 g/mol. The standard InChI is InChI=1S/C15H27F2NO/c1-11(2)12-5-7-15(8-6-12,19-9-14(16)17)10-18-13-3-4-13/h11-14,18H,3-10H2,1-2H3. The molecule has 0 aromatic carbocycles. The molecular formula is C15H27F2NO. The number of ether oxygens (including phenoxy) is 1. The van der Waals surface area contributed by atoms with Gasteiger partial charge < -0.3 is 10.1 Å². The molecule has 0 bridgehead atoms. The molecule has 0 unspecified atom stereocenters. The van der Waals surface area contributed by atoms with Gasteiger partial charge in [0.1, 0.15) is 6.61 Å². The maximum atomic E-state index is 12.4. The summed E-state index contributed by atoms with van der Waals surface area (Å²) in [6.45, 7) is 4.83. The molecule has 0 aromatic heterocycles. The van der Waals surface area contributed by atoms with E-state index in [1.165, 1.54) is 12.8 Å². The Morgan fingerprint density at radius 2 is 1.79 bits per heavy atom. The van der Waals surface area contributed by atoms with Crippen molar-refractivity contribution < 1.29 is 13.5 Å². The normalized spacial score (nSPS) is 32.2. The van der Waals surface area contributed by atoms with Crippen molar-refractivity contribution in [3.8, 4) is 0 Å². The molecule has 2 rings (SSSR count). The summed E-state index contributed by atoms with van der Waals surface area (Å²) in [6.07, 6.45) is 4.13. The van der Waals surface area contributed by atoms with Gasteiger partial charge in [-0.25, -0.2) is 8.78 Å². The third kappa shape index (κ3) is 4.67. The molecule has 0 aliphatic heterocycles. The SMILES string of the molecule is CC(C)C1CCC(CNC2CC2)(OCC(F)F)CC1. The molecule has 2 nitrogen and oxygen atoms in total. The van der Waals surface area contributed by atoms with E-state index in [-0.39, 0.29) is 5.60 Å². The minimum absolute atomic E-state index is 0.343. The Hall–Kier alpha value is -0.220. The fourth-order valence-electron chi connectivity index (χ4n) is 3.06. The lowest BCUT2D eigenvalue weighted by atomic mass is 9.74. The van der Waals surface area contributed by atoms with E-state index in [2.05, 4.69) is 19.2 Å². The van der Waals surface area contributed by atoms with Gasteiger partial charge in [0.2, 0.25) is 0 Å². The van der Waals surface area contributed by atoms with Gasteiger partial charge in [-0.05, 0) is 50.4 Å². The predicted octanol–water partition coefficient (Wildman–Crippen LogP) is 3.61. The number of rotatable bonds is 7. The van der Waals surface area contributed by atoms with Gasteiger partial charge in [-0.2, -0.15) is 0 Å². The molecule has 2 aliphatic carbocycles. The summed E-state index contributed by atoms with van der Waals surface area (Å²) in [5, 5.41) is 3.47. The van der Waals surface area contributed by atoms with Crippen molar-refractivity contribution in [1.29, 1.82) is 0 Å². The van der Waals surface area contributed by atoms with E-state index in [4.69, 9.17) is 4.74 Å². The Labute approximate surface area is 115 Å². The van der Waals surface area contributed by atoms with Crippen LogP contribution in [0.2, 0.25) is 0 Å². The molecule has 0 aromatic rings. The summed E-state index contributed by atoms with van der Waals surface area (Å²) in [6, 6.07) is 0.606. The zero-order valence-electron chi connectivity index (χ0n) is 12.1. The van der Waals surface area contributed by atoms with E-state index >= 15 is 0 Å². The first-order valence-electron chi connectivity index (χ1n) is 7.66. The first-order chi connectivity index (χ1) is 9.01. The van der Waals surface area contributed by atoms with Crippen molar-refractivity contribution >= 4 is 0 Å². The van der Waals surface area contributed by atoms with Crippen LogP contribution in [-0.2, 0) is 4.74 Å². The number of hydrogen-bond acceptors (Lipinski definition) is 2. The smallest absolute Gasteiger partial charge is 0.261 e. The van der Waals surface area contributed by atoms with E-state index in [0.29, 0.717) is 12.0 Å². The molecule has 0 spiro atoms. The molecule has 112 valence electrons. The number of nitrogens with one attached hydrogen (secondary N) is 1. The fraction of sp³-hybridized carbons (Fsp3) is 1.00. The highest BCUT2D eigenvalue weighted by atomic mass is 19.3. The Bertz CT molecular complexity index is 263. The monoisotopic (exact) mass is 275 g/mol. The average Bonchev–Trinajstić information content (AvgIpc) is 3.19. The van der Waals surface area contributed by atoms with E-state index in [1.54, 1.807) is 0 Å². The van der Waals surface area contributed by atoms with E-state index in [0.717, 1.165) is 38.1 Å². The largest absolute Gasteiger partial charge is 0.368 e. The van der Waals surface area contributed by atoms with Crippen molar-refractivity contribution in [2.45, 2.75) is 70.4 Å². The summed E-state index contributed by atoms with van der Waals surface area (Å²) >= 11 is 0. The molecule has 2 saturated carbocycles. The molecule has 19 heavy (non-hydrogen) atoms. The number of alkyl halides is 2. The van der Waals surface area contributed by atoms with Crippen LogP contribution in [0.3, 0.4) is 0 Å². The van der Waals surface area contributed by atoms with Crippen molar-refractivity contribution in [3.63, 3.8) is 0 Å². The van der Waals surface area contributed by atoms with Crippen LogP contribution in [0.15, 0.2) is 0 Å². The Kier molecular flexibility index (Phi) is 5.18. The van der Waals surface area contributed by atoms with Crippen molar-refractivity contribution in [2.75, 3.05) is 13.2 Å². The molecule has 0 atom stereocenters. The Balaban J connectivity index is 1.86. The summed E-state index contributed by atoms with van der Waals surface area (Å²) in [5.74, 6) is 1.41. The molecule has 2 aliphatic rings. The van der Waals surface area contributed by atoms with Crippen molar-refractivity contribution in [3.05, 3.63) is 0 Å². The third-order valence-corrected chi connectivity index (χ3v) is 4.69. The second-order valence-electron chi connectivity index (χ2n) is 6.62. The van der Waals surface area contributed by atoms with Gasteiger partial charge in [0.05, 0.1) is 5.60 Å². The fourth-order valence-corrected chi connectivity index (χ4v) is 3.06. The first-order valence-corrected chi connectivity index (χ1v) is 7.66. The first kappa shape index (κ1) is 15.2. The molecule has 0 amide bonds. The lowest BCUT2D eigenvalue weighted by molar-refractivity contribution is -0.113. The van der Waals surface area contributed by atoms with E-state index in [1.807, 2.05) is 0 Å². The van der Waals surface area contributed by atoms with Gasteiger partial charge in [0, 0.05) is 12.6 Å². The number of hydrogen-bond donors (Lipinski definition) is 1. The molecule has 4 heteroatoms. The van der Waals surface area contributed by atoms with Crippen LogP contribution in [0.1, 0.15) is 52.4 Å². The lowest BCUT2D eigenvalue weighted by Crippen LogP contribution is -2.47. The zero-order valence-corrected chi connectivity index (χ0v) is 12.1. The van der Waals surface area contributed by atoms with Gasteiger partial charge in [-0.3, -0.25) is 0 Å². The molecular weight excluding hydrogens is 248 g/mol. The second-order valence-corrected chi connectivity index (χ2v) is 6.62. The van der Waals surface area contributed by atoms with Crippen LogP contribution in [0, 0.1) is 11.8 Å². The highest BCUT2D eigenvalue weighted by Gasteiger charge is 2.38. The van der Waals surface area contributed by atoms with Crippen LogP contribution >= 0.6 is 0 Å². The molecule has 2 fully saturated rings. The maximum Gasteiger partial charge on any atom is 0.261 e. The van der Waals surface area contributed by atoms with Gasteiger partial charge in [-0.15, -0.1) is 0 Å². The second kappa shape index (κ2) is 6.49. The maximum absolute atomic E-state index is 12.4. The highest BCUT2D eigenvalue weighted by molar-refractivity contribution is 4.93. The minimum Gasteiger partial charge on any atom is -0.368 e. The number of halogens is 2. The van der Waals surface area contributed by atoms with Crippen LogP contribution in [0.25, 0.3) is 0 Å². The summed E-state index contributed by atoms with van der Waals surface area (Å²) in [5.41, 5.74) is -0.343. The quantitative estimate of drug-likeness (QED) is 0.766. The van der Waals surface area contributed by atoms with Crippen molar-refractivity contribution in [1.82, 2.24) is 5.32 Å². The lowest BCUT2D eigenvalue weighted by Gasteiger charge is -2.41. The topological polar surface area (TPSA) is 21.3 Å². The highest BCUT2D eigenvalue weighted by Crippen LogP contribution is 2.38. The van der Waals surface area contributed by atoms with Crippen LogP contribution in [0.5, 0.6) is 0 Å². The Morgan fingerprint density at radius 1 is 1.16 bits per heavy atom. The van der Waals surface area contributed by atoms with E-state index in [9.17, 15) is 8.78 Å². The van der Waals surface area contributed by atoms with Gasteiger partial charge in [-0.1, -0.05) is 13.8 Å². The van der Waals surface area contributed by atoms with Crippen LogP contribution in [-0.4, -0.2) is 31.2 Å². The van der Waals surface area contributed by atoms with Gasteiger partial charge >= 0.3 is 0 Å². The summed E-state index contributed by atoms with van der Waals surface area (Å²) in [4.78, 5) is 0. The molecule has 1 N–H and O–H groups in total. The predicted molar refractivity (Wildman–Crippen MR) is 72.5 cm³/mol. The zero-order chi connectivity index (χ0) is 13.9. The molecule has 0 saturated heterocycles. The van der Waals surface area contributed by atoms with E-state index < -0.39 is 13.0 Å². The molecule has 0 heterocycles. The summed E-state index contributed by atoms with van der Waals surface area (Å²) < 4.78 is 30.5. The van der Waals surface area contributed by atoms with Crippen LogP contribution < -0.4 is 5.32 Å². The Morgan fingerprint density at radius 3 is 2.26 bits per heavy atom. The van der Waals surface area contributed by atoms with Gasteiger partial charge in [0.15, 0.2) is 0 Å². The summed E-state index contributed by atoms with van der Waals surface area (Å²) in [7, 11) is 0. The third-order valence-electron chi connectivity index (χ3n) is 4.69. The minimum atomic E-state index is -2.36. The van der Waals surface area contributed by atoms with Crippen LogP contribution in [0.4, 0.5) is 8.78 Å². The molecule has 0 radical (unpaired) electrons.